The highest BCUT2D eigenvalue weighted by molar-refractivity contribution is 5.93. The Bertz CT molecular complexity index is 801. The van der Waals surface area contributed by atoms with Gasteiger partial charge in [0.1, 0.15) is 16.9 Å². The molecule has 1 N–H and O–H groups in total. The molecule has 0 aliphatic heterocycles. The van der Waals surface area contributed by atoms with Crippen LogP contribution in [-0.4, -0.2) is 11.1 Å². The van der Waals surface area contributed by atoms with Gasteiger partial charge in [0.05, 0.1) is 0 Å². The molecule has 3 heteroatoms. The lowest BCUT2D eigenvalue weighted by Crippen LogP contribution is -2.27. The molecule has 0 aliphatic rings. The Morgan fingerprint density at radius 2 is 1.83 bits per heavy atom. The van der Waals surface area contributed by atoms with Crippen molar-refractivity contribution in [1.82, 2.24) is 0 Å². The first kappa shape index (κ1) is 17.8. The molecule has 0 radical (unpaired) electrons. The van der Waals surface area contributed by atoms with Crippen molar-refractivity contribution in [3.05, 3.63) is 70.3 Å². The van der Waals surface area contributed by atoms with Gasteiger partial charge in [-0.05, 0) is 69.0 Å². The van der Waals surface area contributed by atoms with E-state index >= 15 is 0 Å². The van der Waals surface area contributed by atoms with Gasteiger partial charge in [0.15, 0.2) is 0 Å². The molecule has 2 aromatic rings. The second-order valence-electron chi connectivity index (χ2n) is 6.63. The summed E-state index contributed by atoms with van der Waals surface area (Å²) in [4.78, 5) is 12.6. The van der Waals surface area contributed by atoms with Crippen LogP contribution in [0.5, 0.6) is 5.75 Å². The Labute approximate surface area is 143 Å². The highest BCUT2D eigenvalue weighted by Gasteiger charge is 2.29. The van der Waals surface area contributed by atoms with Crippen LogP contribution in [0.25, 0.3) is 6.08 Å². The molecule has 0 saturated carbocycles. The number of aromatic hydroxyl groups is 1. The summed E-state index contributed by atoms with van der Waals surface area (Å²) in [6.45, 7) is 13.5. The zero-order chi connectivity index (χ0) is 18.1. The van der Waals surface area contributed by atoms with E-state index in [1.807, 2.05) is 40.7 Å². The summed E-state index contributed by atoms with van der Waals surface area (Å²) in [6.07, 6.45) is 1.62. The van der Waals surface area contributed by atoms with Crippen molar-refractivity contribution in [3.63, 3.8) is 0 Å². The SMILES string of the molecule is C=Cc1ccc(O)c(C(=O)OC(C)(C)c2cc(C)cc(C)c2C)c1. The number of rotatable bonds is 4. The lowest BCUT2D eigenvalue weighted by Gasteiger charge is -2.28. The van der Waals surface area contributed by atoms with Crippen LogP contribution in [0.4, 0.5) is 0 Å². The smallest absolute Gasteiger partial charge is 0.342 e. The summed E-state index contributed by atoms with van der Waals surface area (Å²) in [7, 11) is 0. The van der Waals surface area contributed by atoms with Crippen molar-refractivity contribution in [2.75, 3.05) is 0 Å². The summed E-state index contributed by atoms with van der Waals surface area (Å²) in [5, 5.41) is 9.98. The maximum atomic E-state index is 12.6. The molecular formula is C21H24O3. The molecule has 0 fully saturated rings. The van der Waals surface area contributed by atoms with Crippen LogP contribution in [0.15, 0.2) is 36.9 Å². The van der Waals surface area contributed by atoms with E-state index in [0.717, 1.165) is 27.8 Å². The molecule has 0 aromatic heterocycles. The lowest BCUT2D eigenvalue weighted by molar-refractivity contribution is -0.00368. The molecule has 0 saturated heterocycles. The molecule has 0 spiro atoms. The number of hydrogen-bond donors (Lipinski definition) is 1. The van der Waals surface area contributed by atoms with Crippen LogP contribution in [0.2, 0.25) is 0 Å². The minimum absolute atomic E-state index is 0.0986. The molecule has 0 unspecified atom stereocenters. The number of carbonyl (C=O) groups excluding carboxylic acids is 1. The lowest BCUT2D eigenvalue weighted by atomic mass is 9.89. The first-order valence-electron chi connectivity index (χ1n) is 7.93. The third-order valence-corrected chi connectivity index (χ3v) is 4.28. The number of phenolic OH excluding ortho intramolecular Hbond substituents is 1. The van der Waals surface area contributed by atoms with Crippen molar-refractivity contribution in [1.29, 1.82) is 0 Å². The van der Waals surface area contributed by atoms with Crippen LogP contribution >= 0.6 is 0 Å². The van der Waals surface area contributed by atoms with Crippen LogP contribution in [0, 0.1) is 20.8 Å². The molecule has 0 atom stereocenters. The van der Waals surface area contributed by atoms with Gasteiger partial charge in [-0.25, -0.2) is 4.79 Å². The average Bonchev–Trinajstić information content (AvgIpc) is 2.50. The van der Waals surface area contributed by atoms with E-state index in [4.69, 9.17) is 4.74 Å². The standard InChI is InChI=1S/C21H24O3/c1-7-16-8-9-19(22)17(12-16)20(23)24-21(5,6)18-11-13(2)10-14(3)15(18)4/h7-12,22H,1H2,2-6H3. The maximum Gasteiger partial charge on any atom is 0.342 e. The zero-order valence-corrected chi connectivity index (χ0v) is 14.9. The Hall–Kier alpha value is -2.55. The van der Waals surface area contributed by atoms with E-state index in [0.29, 0.717) is 0 Å². The molecule has 0 aliphatic carbocycles. The third-order valence-electron chi connectivity index (χ3n) is 4.28. The number of ether oxygens (including phenoxy) is 1. The summed E-state index contributed by atoms with van der Waals surface area (Å²) in [6, 6.07) is 8.89. The van der Waals surface area contributed by atoms with E-state index in [9.17, 15) is 9.90 Å². The monoisotopic (exact) mass is 324 g/mol. The molecule has 126 valence electrons. The maximum absolute atomic E-state index is 12.6. The van der Waals surface area contributed by atoms with Gasteiger partial charge in [0.2, 0.25) is 0 Å². The van der Waals surface area contributed by atoms with Gasteiger partial charge in [-0.3, -0.25) is 0 Å². The van der Waals surface area contributed by atoms with E-state index < -0.39 is 11.6 Å². The molecular weight excluding hydrogens is 300 g/mol. The number of phenols is 1. The number of benzene rings is 2. The van der Waals surface area contributed by atoms with Crippen molar-refractivity contribution in [2.45, 2.75) is 40.2 Å². The minimum Gasteiger partial charge on any atom is -0.507 e. The van der Waals surface area contributed by atoms with Crippen molar-refractivity contribution in [3.8, 4) is 5.75 Å². The predicted octanol–water partition coefficient (Wildman–Crippen LogP) is 5.05. The van der Waals surface area contributed by atoms with E-state index in [1.165, 1.54) is 6.07 Å². The van der Waals surface area contributed by atoms with Crippen LogP contribution in [0.1, 0.15) is 52.0 Å². The molecule has 24 heavy (non-hydrogen) atoms. The van der Waals surface area contributed by atoms with Gasteiger partial charge < -0.3 is 9.84 Å². The van der Waals surface area contributed by atoms with E-state index in [-0.39, 0.29) is 11.3 Å². The Kier molecular flexibility index (Phi) is 4.83. The van der Waals surface area contributed by atoms with Crippen molar-refractivity contribution < 1.29 is 14.6 Å². The highest BCUT2D eigenvalue weighted by atomic mass is 16.6. The Morgan fingerprint density at radius 1 is 1.17 bits per heavy atom. The summed E-state index contributed by atoms with van der Waals surface area (Å²) in [5.74, 6) is -0.654. The second-order valence-corrected chi connectivity index (χ2v) is 6.63. The van der Waals surface area contributed by atoms with Gasteiger partial charge in [0, 0.05) is 0 Å². The molecule has 0 heterocycles. The van der Waals surface area contributed by atoms with Gasteiger partial charge in [-0.2, -0.15) is 0 Å². The first-order chi connectivity index (χ1) is 11.2. The number of hydrogen-bond acceptors (Lipinski definition) is 3. The van der Waals surface area contributed by atoms with E-state index in [1.54, 1.807) is 18.2 Å². The number of carbonyl (C=O) groups is 1. The van der Waals surface area contributed by atoms with Crippen LogP contribution < -0.4 is 0 Å². The van der Waals surface area contributed by atoms with Gasteiger partial charge in [0.25, 0.3) is 0 Å². The topological polar surface area (TPSA) is 46.5 Å². The highest BCUT2D eigenvalue weighted by Crippen LogP contribution is 2.32. The minimum atomic E-state index is -0.811. The molecule has 0 amide bonds. The van der Waals surface area contributed by atoms with Gasteiger partial charge in [-0.1, -0.05) is 36.4 Å². The second kappa shape index (κ2) is 6.52. The fourth-order valence-corrected chi connectivity index (χ4v) is 2.85. The molecule has 2 rings (SSSR count). The Morgan fingerprint density at radius 3 is 2.46 bits per heavy atom. The predicted molar refractivity (Wildman–Crippen MR) is 97.3 cm³/mol. The van der Waals surface area contributed by atoms with Crippen LogP contribution in [-0.2, 0) is 10.3 Å². The largest absolute Gasteiger partial charge is 0.507 e. The molecule has 0 bridgehead atoms. The quantitative estimate of drug-likeness (QED) is 0.800. The molecule has 3 nitrogen and oxygen atoms in total. The summed E-state index contributed by atoms with van der Waals surface area (Å²) >= 11 is 0. The van der Waals surface area contributed by atoms with Crippen LogP contribution in [0.3, 0.4) is 0 Å². The fourth-order valence-electron chi connectivity index (χ4n) is 2.85. The molecule has 2 aromatic carbocycles. The normalized spacial score (nSPS) is 11.2. The average molecular weight is 324 g/mol. The first-order valence-corrected chi connectivity index (χ1v) is 7.93. The summed E-state index contributed by atoms with van der Waals surface area (Å²) in [5.41, 5.74) is 4.42. The number of esters is 1. The fraction of sp³-hybridized carbons (Fsp3) is 0.286. The van der Waals surface area contributed by atoms with Gasteiger partial charge in [-0.15, -0.1) is 0 Å². The van der Waals surface area contributed by atoms with E-state index in [2.05, 4.69) is 12.6 Å². The van der Waals surface area contributed by atoms with Gasteiger partial charge >= 0.3 is 5.97 Å². The Balaban J connectivity index is 2.39. The third kappa shape index (κ3) is 3.51. The zero-order valence-electron chi connectivity index (χ0n) is 14.9. The number of aryl methyl sites for hydroxylation is 2. The summed E-state index contributed by atoms with van der Waals surface area (Å²) < 4.78 is 5.75. The van der Waals surface area contributed by atoms with Crippen molar-refractivity contribution in [2.24, 2.45) is 0 Å². The van der Waals surface area contributed by atoms with Crippen molar-refractivity contribution >= 4 is 12.0 Å².